The fraction of sp³-hybridized carbons (Fsp3) is 0.100. The first-order valence-corrected chi connectivity index (χ1v) is 10.2. The summed E-state index contributed by atoms with van der Waals surface area (Å²) >= 11 is 3.11. The van der Waals surface area contributed by atoms with Crippen molar-refractivity contribution in [1.29, 1.82) is 0 Å². The van der Waals surface area contributed by atoms with E-state index in [-0.39, 0.29) is 11.8 Å². The van der Waals surface area contributed by atoms with Crippen LogP contribution >= 0.6 is 22.7 Å². The Morgan fingerprint density at radius 3 is 1.43 bits per heavy atom. The molecule has 0 spiro atoms. The second-order valence-corrected chi connectivity index (χ2v) is 7.70. The fourth-order valence-electron chi connectivity index (χ4n) is 2.25. The lowest BCUT2D eigenvalue weighted by Gasteiger charge is -2.04. The summed E-state index contributed by atoms with van der Waals surface area (Å²) in [5.74, 6) is -0.677. The molecule has 2 N–H and O–H groups in total. The van der Waals surface area contributed by atoms with Crippen LogP contribution in [-0.2, 0) is 0 Å². The number of thiophene rings is 2. The van der Waals surface area contributed by atoms with E-state index in [0.29, 0.717) is 11.1 Å². The average Bonchev–Trinajstić information content (AvgIpc) is 3.44. The number of amides is 2. The first-order valence-electron chi connectivity index (χ1n) is 8.41. The molecule has 2 aromatic heterocycles. The number of carbonyl (C=O) groups excluding carboxylic acids is 2. The van der Waals surface area contributed by atoms with Gasteiger partial charge >= 0.3 is 0 Å². The Hall–Kier alpha value is -3.10. The standard InChI is InChI=1S/C20H18N4O2S2/c1-13(17-5-3-11-27-17)21-23-19(25)15-7-9-16(10-8-15)20(26)24-22-14(2)18-6-4-12-28-18/h3-12H,1-2H3,(H,23,25)(H,24,26)/b21-13+,22-14+. The van der Waals surface area contributed by atoms with Crippen LogP contribution in [0.15, 0.2) is 69.5 Å². The fourth-order valence-corrected chi connectivity index (χ4v) is 3.60. The highest BCUT2D eigenvalue weighted by Gasteiger charge is 2.09. The summed E-state index contributed by atoms with van der Waals surface area (Å²) in [4.78, 5) is 26.4. The molecule has 3 rings (SSSR count). The van der Waals surface area contributed by atoms with Crippen molar-refractivity contribution >= 4 is 45.9 Å². The zero-order valence-electron chi connectivity index (χ0n) is 15.3. The zero-order valence-corrected chi connectivity index (χ0v) is 16.9. The van der Waals surface area contributed by atoms with Crippen molar-refractivity contribution in [3.05, 3.63) is 80.2 Å². The molecule has 3 aromatic rings. The minimum atomic E-state index is -0.338. The van der Waals surface area contributed by atoms with Gasteiger partial charge in [-0.05, 0) is 61.0 Å². The number of nitrogens with zero attached hydrogens (tertiary/aromatic N) is 2. The van der Waals surface area contributed by atoms with Crippen molar-refractivity contribution in [2.45, 2.75) is 13.8 Å². The number of benzene rings is 1. The summed E-state index contributed by atoms with van der Waals surface area (Å²) < 4.78 is 0. The summed E-state index contributed by atoms with van der Waals surface area (Å²) in [6.45, 7) is 3.66. The van der Waals surface area contributed by atoms with Gasteiger partial charge in [-0.25, -0.2) is 10.9 Å². The summed E-state index contributed by atoms with van der Waals surface area (Å²) in [7, 11) is 0. The van der Waals surface area contributed by atoms with Gasteiger partial charge in [-0.15, -0.1) is 22.7 Å². The van der Waals surface area contributed by atoms with Gasteiger partial charge in [-0.2, -0.15) is 10.2 Å². The van der Waals surface area contributed by atoms with Crippen molar-refractivity contribution < 1.29 is 9.59 Å². The minimum Gasteiger partial charge on any atom is -0.267 e. The third kappa shape index (κ3) is 4.99. The quantitative estimate of drug-likeness (QED) is 0.473. The molecule has 0 aliphatic heterocycles. The molecule has 8 heteroatoms. The molecule has 142 valence electrons. The summed E-state index contributed by atoms with van der Waals surface area (Å²) in [5, 5.41) is 12.1. The largest absolute Gasteiger partial charge is 0.271 e. The van der Waals surface area contributed by atoms with Crippen LogP contribution in [0.5, 0.6) is 0 Å². The molecular formula is C20H18N4O2S2. The number of carbonyl (C=O) groups is 2. The molecule has 0 saturated carbocycles. The van der Waals surface area contributed by atoms with Crippen molar-refractivity contribution in [2.24, 2.45) is 10.2 Å². The van der Waals surface area contributed by atoms with E-state index in [0.717, 1.165) is 21.2 Å². The topological polar surface area (TPSA) is 82.9 Å². The summed E-state index contributed by atoms with van der Waals surface area (Å²) in [6.07, 6.45) is 0. The first kappa shape index (κ1) is 19.7. The smallest absolute Gasteiger partial charge is 0.267 e. The second-order valence-electron chi connectivity index (χ2n) is 5.81. The van der Waals surface area contributed by atoms with Crippen LogP contribution < -0.4 is 10.9 Å². The predicted molar refractivity (Wildman–Crippen MR) is 114 cm³/mol. The number of rotatable bonds is 6. The molecular weight excluding hydrogens is 392 g/mol. The van der Waals surface area contributed by atoms with E-state index in [1.807, 2.05) is 48.9 Å². The van der Waals surface area contributed by atoms with Crippen LogP contribution in [0.2, 0.25) is 0 Å². The van der Waals surface area contributed by atoms with E-state index in [1.54, 1.807) is 46.9 Å². The van der Waals surface area contributed by atoms with E-state index in [2.05, 4.69) is 21.1 Å². The molecule has 1 aromatic carbocycles. The van der Waals surface area contributed by atoms with Gasteiger partial charge in [0.25, 0.3) is 11.8 Å². The zero-order chi connectivity index (χ0) is 19.9. The number of nitrogens with one attached hydrogen (secondary N) is 2. The molecule has 0 saturated heterocycles. The van der Waals surface area contributed by atoms with Gasteiger partial charge in [0.15, 0.2) is 0 Å². The van der Waals surface area contributed by atoms with E-state index in [9.17, 15) is 9.59 Å². The SMILES string of the molecule is C/C(=N\NC(=O)c1ccc(C(=O)N/N=C(\C)c2cccs2)cc1)c1cccs1. The Morgan fingerprint density at radius 1 is 0.714 bits per heavy atom. The van der Waals surface area contributed by atoms with Gasteiger partial charge in [0.05, 0.1) is 11.4 Å². The molecule has 2 heterocycles. The summed E-state index contributed by atoms with van der Waals surface area (Å²) in [5.41, 5.74) is 7.35. The van der Waals surface area contributed by atoms with Crippen LogP contribution in [0, 0.1) is 0 Å². The van der Waals surface area contributed by atoms with Gasteiger partial charge in [0.1, 0.15) is 0 Å². The molecule has 28 heavy (non-hydrogen) atoms. The predicted octanol–water partition coefficient (Wildman–Crippen LogP) is 4.12. The highest BCUT2D eigenvalue weighted by Crippen LogP contribution is 2.11. The minimum absolute atomic E-state index is 0.338. The Balaban J connectivity index is 1.59. The maximum Gasteiger partial charge on any atom is 0.271 e. The number of hydrazone groups is 2. The van der Waals surface area contributed by atoms with Gasteiger partial charge in [-0.1, -0.05) is 12.1 Å². The van der Waals surface area contributed by atoms with E-state index in [1.165, 1.54) is 0 Å². The maximum absolute atomic E-state index is 12.2. The Bertz CT molecular complexity index is 922. The van der Waals surface area contributed by atoms with Crippen LogP contribution in [0.4, 0.5) is 0 Å². The molecule has 0 fully saturated rings. The molecule has 0 unspecified atom stereocenters. The molecule has 6 nitrogen and oxygen atoms in total. The third-order valence-corrected chi connectivity index (χ3v) is 5.77. The Labute approximate surface area is 170 Å². The highest BCUT2D eigenvalue weighted by molar-refractivity contribution is 7.12. The van der Waals surface area contributed by atoms with Gasteiger partial charge in [-0.3, -0.25) is 9.59 Å². The van der Waals surface area contributed by atoms with Crippen LogP contribution in [0.3, 0.4) is 0 Å². The second kappa shape index (κ2) is 9.20. The molecule has 0 aliphatic carbocycles. The Kier molecular flexibility index (Phi) is 6.46. The summed E-state index contributed by atoms with van der Waals surface area (Å²) in [6, 6.07) is 14.0. The molecule has 0 bridgehead atoms. The van der Waals surface area contributed by atoms with Gasteiger partial charge < -0.3 is 0 Å². The van der Waals surface area contributed by atoms with Crippen LogP contribution in [0.25, 0.3) is 0 Å². The van der Waals surface area contributed by atoms with E-state index in [4.69, 9.17) is 0 Å². The number of hydrogen-bond donors (Lipinski definition) is 2. The van der Waals surface area contributed by atoms with Crippen molar-refractivity contribution in [3.63, 3.8) is 0 Å². The first-order chi connectivity index (χ1) is 13.5. The van der Waals surface area contributed by atoms with Crippen molar-refractivity contribution in [3.8, 4) is 0 Å². The van der Waals surface area contributed by atoms with E-state index >= 15 is 0 Å². The molecule has 0 radical (unpaired) electrons. The van der Waals surface area contributed by atoms with Crippen molar-refractivity contribution in [1.82, 2.24) is 10.9 Å². The molecule has 2 amide bonds. The lowest BCUT2D eigenvalue weighted by molar-refractivity contribution is 0.0943. The number of hydrogen-bond acceptors (Lipinski definition) is 6. The maximum atomic E-state index is 12.2. The van der Waals surface area contributed by atoms with Crippen LogP contribution in [-0.4, -0.2) is 23.2 Å². The lowest BCUT2D eigenvalue weighted by atomic mass is 10.1. The highest BCUT2D eigenvalue weighted by atomic mass is 32.1. The molecule has 0 aliphatic rings. The normalized spacial score (nSPS) is 11.9. The molecule has 0 atom stereocenters. The Morgan fingerprint density at radius 2 is 1.11 bits per heavy atom. The lowest BCUT2D eigenvalue weighted by Crippen LogP contribution is -2.21. The van der Waals surface area contributed by atoms with Gasteiger partial charge in [0.2, 0.25) is 0 Å². The van der Waals surface area contributed by atoms with E-state index < -0.39 is 0 Å². The third-order valence-electron chi connectivity index (χ3n) is 3.82. The van der Waals surface area contributed by atoms with Gasteiger partial charge in [0, 0.05) is 20.9 Å². The van der Waals surface area contributed by atoms with Crippen LogP contribution in [0.1, 0.15) is 44.3 Å². The monoisotopic (exact) mass is 410 g/mol. The average molecular weight is 411 g/mol. The van der Waals surface area contributed by atoms with Crippen molar-refractivity contribution in [2.75, 3.05) is 0 Å².